The van der Waals surface area contributed by atoms with Crippen LogP contribution in [0.5, 0.6) is 0 Å². The normalized spacial score (nSPS) is 13.0. The van der Waals surface area contributed by atoms with Crippen LogP contribution in [0.15, 0.2) is 21.3 Å². The number of halogens is 2. The first-order valence-electron chi connectivity index (χ1n) is 5.09. The summed E-state index contributed by atoms with van der Waals surface area (Å²) in [6.07, 6.45) is 1.10. The Hall–Kier alpha value is 0.360. The third kappa shape index (κ3) is 2.45. The molecule has 2 aromatic rings. The van der Waals surface area contributed by atoms with Gasteiger partial charge in [-0.25, -0.2) is 0 Å². The van der Waals surface area contributed by atoms with Crippen LogP contribution >= 0.6 is 54.5 Å². The van der Waals surface area contributed by atoms with Gasteiger partial charge in [-0.1, -0.05) is 22.9 Å². The van der Waals surface area contributed by atoms with Crippen LogP contribution < -0.4 is 0 Å². The average molecular weight is 380 g/mol. The number of alkyl halides is 1. The van der Waals surface area contributed by atoms with Crippen LogP contribution in [0.3, 0.4) is 0 Å². The second-order valence-electron chi connectivity index (χ2n) is 3.59. The lowest BCUT2D eigenvalue weighted by Gasteiger charge is -2.09. The molecule has 0 nitrogen and oxygen atoms in total. The fourth-order valence-corrected chi connectivity index (χ4v) is 5.70. The van der Waals surface area contributed by atoms with Crippen LogP contribution in [0, 0.1) is 6.92 Å². The number of hydrogen-bond acceptors (Lipinski definition) is 2. The van der Waals surface area contributed by atoms with Crippen molar-refractivity contribution in [1.29, 1.82) is 0 Å². The Balaban J connectivity index is 2.38. The maximum absolute atomic E-state index is 3.83. The zero-order valence-electron chi connectivity index (χ0n) is 9.09. The highest BCUT2D eigenvalue weighted by Crippen LogP contribution is 2.41. The van der Waals surface area contributed by atoms with Crippen LogP contribution in [0.1, 0.15) is 32.6 Å². The van der Waals surface area contributed by atoms with Gasteiger partial charge < -0.3 is 0 Å². The van der Waals surface area contributed by atoms with E-state index in [0.717, 1.165) is 6.42 Å². The van der Waals surface area contributed by atoms with Crippen LogP contribution in [0.4, 0.5) is 0 Å². The molecule has 0 aliphatic heterocycles. The van der Waals surface area contributed by atoms with Gasteiger partial charge in [0.05, 0.1) is 8.61 Å². The molecular weight excluding hydrogens is 368 g/mol. The number of thiophene rings is 2. The van der Waals surface area contributed by atoms with Crippen molar-refractivity contribution < 1.29 is 0 Å². The van der Waals surface area contributed by atoms with Crippen molar-refractivity contribution in [3.05, 3.63) is 42.2 Å². The quantitative estimate of drug-likeness (QED) is 0.580. The molecule has 0 N–H and O–H groups in total. The van der Waals surface area contributed by atoms with Gasteiger partial charge in [-0.15, -0.1) is 22.7 Å². The molecule has 4 heteroatoms. The molecule has 0 saturated heterocycles. The summed E-state index contributed by atoms with van der Waals surface area (Å²) in [5.74, 6) is 0. The van der Waals surface area contributed by atoms with Gasteiger partial charge in [0.25, 0.3) is 0 Å². The Morgan fingerprint density at radius 1 is 1.44 bits per heavy atom. The first-order chi connectivity index (χ1) is 7.63. The molecule has 1 atom stereocenters. The third-order valence-corrected chi connectivity index (χ3v) is 6.44. The lowest BCUT2D eigenvalue weighted by molar-refractivity contribution is 1.09. The molecule has 0 fully saturated rings. The monoisotopic (exact) mass is 378 g/mol. The number of aryl methyl sites for hydroxylation is 2. The molecular formula is C12H12Br2S2. The molecule has 0 aliphatic carbocycles. The minimum Gasteiger partial charge on any atom is -0.147 e. The van der Waals surface area contributed by atoms with Gasteiger partial charge in [-0.2, -0.15) is 0 Å². The molecule has 2 aromatic heterocycles. The maximum atomic E-state index is 3.83. The molecule has 16 heavy (non-hydrogen) atoms. The fourth-order valence-electron chi connectivity index (χ4n) is 1.71. The maximum Gasteiger partial charge on any atom is 0.0751 e. The van der Waals surface area contributed by atoms with E-state index in [0.29, 0.717) is 4.83 Å². The summed E-state index contributed by atoms with van der Waals surface area (Å²) >= 11 is 11.0. The number of rotatable bonds is 3. The molecule has 0 radical (unpaired) electrons. The molecule has 0 spiro atoms. The van der Waals surface area contributed by atoms with Crippen molar-refractivity contribution in [3.63, 3.8) is 0 Å². The molecule has 0 amide bonds. The summed E-state index contributed by atoms with van der Waals surface area (Å²) in [5.41, 5.74) is 2.84. The highest BCUT2D eigenvalue weighted by atomic mass is 79.9. The Morgan fingerprint density at radius 2 is 2.19 bits per heavy atom. The van der Waals surface area contributed by atoms with Crippen LogP contribution in [-0.4, -0.2) is 0 Å². The van der Waals surface area contributed by atoms with Crippen molar-refractivity contribution in [2.24, 2.45) is 0 Å². The lowest BCUT2D eigenvalue weighted by atomic mass is 10.1. The van der Waals surface area contributed by atoms with E-state index in [1.54, 1.807) is 11.3 Å². The molecule has 0 aliphatic rings. The minimum atomic E-state index is 0.338. The van der Waals surface area contributed by atoms with E-state index >= 15 is 0 Å². The predicted octanol–water partition coefficient (Wildman–Crippen LogP) is 5.93. The smallest absolute Gasteiger partial charge is 0.0751 e. The first-order valence-corrected chi connectivity index (χ1v) is 8.50. The van der Waals surface area contributed by atoms with Crippen LogP contribution in [0.2, 0.25) is 0 Å². The highest BCUT2D eigenvalue weighted by Gasteiger charge is 2.18. The van der Waals surface area contributed by atoms with Crippen molar-refractivity contribution >= 4 is 54.5 Å². The van der Waals surface area contributed by atoms with E-state index in [1.165, 1.54) is 24.7 Å². The van der Waals surface area contributed by atoms with Gasteiger partial charge in [-0.05, 0) is 57.9 Å². The SMILES string of the molecule is CCc1ccsc1C(Br)c1cc(Br)sc1C. The molecule has 1 unspecified atom stereocenters. The van der Waals surface area contributed by atoms with E-state index in [1.807, 2.05) is 11.3 Å². The topological polar surface area (TPSA) is 0 Å². The van der Waals surface area contributed by atoms with Gasteiger partial charge in [0, 0.05) is 9.75 Å². The van der Waals surface area contributed by atoms with Gasteiger partial charge in [0.1, 0.15) is 0 Å². The summed E-state index contributed by atoms with van der Waals surface area (Å²) in [4.78, 5) is 3.16. The van der Waals surface area contributed by atoms with Gasteiger partial charge in [0.15, 0.2) is 0 Å². The zero-order valence-corrected chi connectivity index (χ0v) is 13.9. The number of hydrogen-bond donors (Lipinski definition) is 0. The second-order valence-corrected chi connectivity index (χ2v) is 8.09. The van der Waals surface area contributed by atoms with Crippen LogP contribution in [0.25, 0.3) is 0 Å². The highest BCUT2D eigenvalue weighted by molar-refractivity contribution is 9.11. The molecule has 0 aromatic carbocycles. The van der Waals surface area contributed by atoms with Crippen molar-refractivity contribution in [2.75, 3.05) is 0 Å². The van der Waals surface area contributed by atoms with E-state index < -0.39 is 0 Å². The molecule has 86 valence electrons. The summed E-state index contributed by atoms with van der Waals surface area (Å²) in [6.45, 7) is 4.39. The molecule has 2 heterocycles. The Bertz CT molecular complexity index is 485. The summed E-state index contributed by atoms with van der Waals surface area (Å²) in [7, 11) is 0. The van der Waals surface area contributed by atoms with Crippen molar-refractivity contribution in [2.45, 2.75) is 25.1 Å². The molecule has 0 bridgehead atoms. The molecule has 0 saturated carbocycles. The van der Waals surface area contributed by atoms with Crippen LogP contribution in [-0.2, 0) is 6.42 Å². The molecule has 2 rings (SSSR count). The van der Waals surface area contributed by atoms with Crippen molar-refractivity contribution in [3.8, 4) is 0 Å². The summed E-state index contributed by atoms with van der Waals surface area (Å²) in [6, 6.07) is 4.45. The van der Waals surface area contributed by atoms with E-state index in [2.05, 4.69) is 63.2 Å². The average Bonchev–Trinajstić information content (AvgIpc) is 2.83. The third-order valence-electron chi connectivity index (χ3n) is 2.59. The fraction of sp³-hybridized carbons (Fsp3) is 0.333. The zero-order chi connectivity index (χ0) is 11.7. The Labute approximate surface area is 121 Å². The standard InChI is InChI=1S/C12H12Br2S2/c1-3-8-4-5-15-12(8)11(14)9-6-10(13)16-7(9)2/h4-6,11H,3H2,1-2H3. The van der Waals surface area contributed by atoms with E-state index in [4.69, 9.17) is 0 Å². The predicted molar refractivity (Wildman–Crippen MR) is 81.2 cm³/mol. The van der Waals surface area contributed by atoms with E-state index in [-0.39, 0.29) is 0 Å². The van der Waals surface area contributed by atoms with E-state index in [9.17, 15) is 0 Å². The van der Waals surface area contributed by atoms with Gasteiger partial charge in [-0.3, -0.25) is 0 Å². The first kappa shape index (κ1) is 12.8. The Morgan fingerprint density at radius 3 is 2.75 bits per heavy atom. The summed E-state index contributed by atoms with van der Waals surface area (Å²) < 4.78 is 1.21. The lowest BCUT2D eigenvalue weighted by Crippen LogP contribution is -1.93. The minimum absolute atomic E-state index is 0.338. The van der Waals surface area contributed by atoms with Crippen molar-refractivity contribution in [1.82, 2.24) is 0 Å². The second kappa shape index (κ2) is 5.34. The van der Waals surface area contributed by atoms with Gasteiger partial charge >= 0.3 is 0 Å². The largest absolute Gasteiger partial charge is 0.147 e. The Kier molecular flexibility index (Phi) is 4.27. The summed E-state index contributed by atoms with van der Waals surface area (Å²) in [5, 5.41) is 2.18. The van der Waals surface area contributed by atoms with Gasteiger partial charge in [0.2, 0.25) is 0 Å².